The highest BCUT2D eigenvalue weighted by Crippen LogP contribution is 2.43. The van der Waals surface area contributed by atoms with Crippen molar-refractivity contribution >= 4 is 76.8 Å². The van der Waals surface area contributed by atoms with Gasteiger partial charge in [-0.3, -0.25) is 0 Å². The van der Waals surface area contributed by atoms with Gasteiger partial charge < -0.3 is 20.5 Å². The smallest absolute Gasteiger partial charge is 0.390 e. The van der Waals surface area contributed by atoms with Crippen molar-refractivity contribution in [2.24, 2.45) is 0 Å². The molecule has 1 saturated heterocycles. The van der Waals surface area contributed by atoms with Crippen molar-refractivity contribution in [1.82, 2.24) is 14.9 Å². The Morgan fingerprint density at radius 2 is 2.07 bits per heavy atom. The van der Waals surface area contributed by atoms with Crippen LogP contribution in [0.2, 0.25) is 12.1 Å². The van der Waals surface area contributed by atoms with E-state index in [1.165, 1.54) is 17.0 Å². The van der Waals surface area contributed by atoms with Crippen LogP contribution in [-0.4, -0.2) is 110 Å². The number of nitrogens with zero attached hydrogens (tertiary/aromatic N) is 3. The first-order valence-electron chi connectivity index (χ1n) is 10.0. The number of rotatable bonds is 14. The molecule has 7 nitrogen and oxygen atoms in total. The minimum atomic E-state index is -0.732. The third-order valence-electron chi connectivity index (χ3n) is 5.63. The number of nitrogens with one attached hydrogen (secondary N) is 1. The molecule has 2 atom stereocenters. The number of hydrogen-bond donors (Lipinski definition) is 2. The maximum absolute atomic E-state index is 10.8. The Kier molecular flexibility index (Phi) is 9.73. The maximum Gasteiger partial charge on any atom is 0.434 e. The summed E-state index contributed by atoms with van der Waals surface area (Å²) in [6.07, 6.45) is 4.58. The third-order valence-corrected chi connectivity index (χ3v) is 5.63. The molecule has 1 aromatic rings. The van der Waals surface area contributed by atoms with E-state index in [2.05, 4.69) is 10.3 Å². The first kappa shape index (κ1) is 24.4. The molecule has 0 aliphatic carbocycles. The van der Waals surface area contributed by atoms with Crippen LogP contribution in [0.3, 0.4) is 0 Å². The van der Waals surface area contributed by atoms with Crippen molar-refractivity contribution in [2.45, 2.75) is 44.0 Å². The molecule has 10 radical (unpaired) electrons. The van der Waals surface area contributed by atoms with Gasteiger partial charge in [-0.25, -0.2) is 4.57 Å². The molecule has 1 aliphatic rings. The number of imidazole rings is 1. The van der Waals surface area contributed by atoms with Gasteiger partial charge in [-0.2, -0.15) is 0 Å². The highest BCUT2D eigenvalue weighted by molar-refractivity contribution is 8.01. The Morgan fingerprint density at radius 3 is 2.69 bits per heavy atom. The fraction of sp³-hybridized carbons (Fsp3) is 0.750. The molecular formula is C12H20B10N4O3. The number of nitro groups is 1. The average Bonchev–Trinajstić information content (AvgIpc) is 3.22. The average molecular weight is 376 g/mol. The number of hydrogen-bond acceptors (Lipinski definition) is 5. The largest absolute Gasteiger partial charge is 0.434 e. The third kappa shape index (κ3) is 7.42. The van der Waals surface area contributed by atoms with Gasteiger partial charge in [-0.15, -0.1) is 0 Å². The summed E-state index contributed by atoms with van der Waals surface area (Å²) in [7, 11) is 29.3. The summed E-state index contributed by atoms with van der Waals surface area (Å²) in [5.74, 6) is 0.278. The van der Waals surface area contributed by atoms with Gasteiger partial charge >= 0.3 is 5.95 Å². The topological polar surface area (TPSA) is 93.2 Å². The van der Waals surface area contributed by atoms with Crippen molar-refractivity contribution in [3.63, 3.8) is 0 Å². The van der Waals surface area contributed by atoms with E-state index >= 15 is 0 Å². The summed E-state index contributed by atoms with van der Waals surface area (Å²) >= 11 is 0. The van der Waals surface area contributed by atoms with Crippen molar-refractivity contribution in [3.05, 3.63) is 22.5 Å². The molecule has 2 N–H and O–H groups in total. The standard InChI is InChI=1S/C12H20B10N4O3/c13-19(14)21(17)22(20(15)16)18-7-10(18)3-1-2-4-23-8-11(27)9-25-6-5-24-12(25)26(28)29/h5-6,10-11,23,27H,1-4,7-9H2. The van der Waals surface area contributed by atoms with Gasteiger partial charge in [0.1, 0.15) is 12.4 Å². The fourth-order valence-corrected chi connectivity index (χ4v) is 3.99. The summed E-state index contributed by atoms with van der Waals surface area (Å²) in [6, 6.07) is 0. The van der Waals surface area contributed by atoms with Gasteiger partial charge in [0.2, 0.25) is 0 Å². The predicted octanol–water partition coefficient (Wildman–Crippen LogP) is -2.59. The number of aliphatic hydroxyl groups is 1. The molecule has 17 heteroatoms. The van der Waals surface area contributed by atoms with E-state index in [0.717, 1.165) is 32.1 Å². The molecule has 2 rings (SSSR count). The Hall–Kier alpha value is -0.821. The van der Waals surface area contributed by atoms with Crippen LogP contribution in [-0.2, 0) is 6.54 Å². The van der Waals surface area contributed by atoms with E-state index in [1.807, 2.05) is 0 Å². The van der Waals surface area contributed by atoms with Gasteiger partial charge in [0.15, 0.2) is 0 Å². The lowest BCUT2D eigenvalue weighted by Crippen LogP contribution is -2.63. The van der Waals surface area contributed by atoms with Crippen molar-refractivity contribution < 1.29 is 10.0 Å². The number of unbranched alkanes of at least 4 members (excludes halogenated alkanes) is 1. The summed E-state index contributed by atoms with van der Waals surface area (Å²) < 4.78 is 1.33. The Bertz CT molecular complexity index is 653. The quantitative estimate of drug-likeness (QED) is 0.161. The molecule has 2 heterocycles. The van der Waals surface area contributed by atoms with E-state index in [0.29, 0.717) is 19.0 Å². The molecule has 0 amide bonds. The van der Waals surface area contributed by atoms with Gasteiger partial charge in [0.25, 0.3) is 0 Å². The lowest BCUT2D eigenvalue weighted by Gasteiger charge is -2.25. The summed E-state index contributed by atoms with van der Waals surface area (Å²) in [5.41, 5.74) is 0. The summed E-state index contributed by atoms with van der Waals surface area (Å²) in [4.78, 5) is 13.9. The lowest BCUT2D eigenvalue weighted by molar-refractivity contribution is -0.397. The SMILES string of the molecule is [B]B([B])B([B])B(B([B])[B])B1CC1CCCCNCC(O)Cn1ccnc1[N+](=O)[O-]. The molecule has 0 saturated carbocycles. The highest BCUT2D eigenvalue weighted by atomic mass is 16.6. The molecule has 136 valence electrons. The first-order chi connectivity index (χ1) is 13.7. The van der Waals surface area contributed by atoms with Crippen molar-refractivity contribution in [1.29, 1.82) is 0 Å². The van der Waals surface area contributed by atoms with E-state index in [1.54, 1.807) is 0 Å². The van der Waals surface area contributed by atoms with Crippen LogP contribution in [0.5, 0.6) is 0 Å². The van der Waals surface area contributed by atoms with E-state index < -0.39 is 30.2 Å². The van der Waals surface area contributed by atoms with Crippen LogP contribution in [0, 0.1) is 10.1 Å². The molecular weight excluding hydrogens is 356 g/mol. The summed E-state index contributed by atoms with van der Waals surface area (Å²) in [6.45, 7) is 1.61. The normalized spacial score (nSPS) is 16.3. The van der Waals surface area contributed by atoms with Gasteiger partial charge in [0, 0.05) is 70.8 Å². The van der Waals surface area contributed by atoms with Gasteiger partial charge in [-0.1, -0.05) is 30.0 Å². The second kappa shape index (κ2) is 11.5. The maximum atomic E-state index is 10.8. The Morgan fingerprint density at radius 1 is 1.34 bits per heavy atom. The second-order valence-electron chi connectivity index (χ2n) is 7.96. The molecule has 1 fully saturated rings. The first-order valence-corrected chi connectivity index (χ1v) is 10.0. The minimum absolute atomic E-state index is 0.0690. The van der Waals surface area contributed by atoms with E-state index in [-0.39, 0.29) is 18.9 Å². The zero-order chi connectivity index (χ0) is 21.6. The van der Waals surface area contributed by atoms with Crippen LogP contribution in [0.25, 0.3) is 0 Å². The minimum Gasteiger partial charge on any atom is -0.390 e. The monoisotopic (exact) mass is 378 g/mol. The Balaban J connectivity index is 1.58. The molecule has 1 aromatic heterocycles. The number of aromatic nitrogens is 2. The van der Waals surface area contributed by atoms with Crippen LogP contribution >= 0.6 is 0 Å². The highest BCUT2D eigenvalue weighted by Gasteiger charge is 2.49. The zero-order valence-corrected chi connectivity index (χ0v) is 16.6. The second-order valence-corrected chi connectivity index (χ2v) is 7.96. The van der Waals surface area contributed by atoms with Crippen molar-refractivity contribution in [3.8, 4) is 0 Å². The molecule has 2 unspecified atom stereocenters. The molecule has 0 bridgehead atoms. The lowest BCUT2D eigenvalue weighted by atomic mass is 8.57. The zero-order valence-electron chi connectivity index (χ0n) is 16.6. The number of aliphatic hydroxyl groups excluding tert-OH is 1. The Labute approximate surface area is 181 Å². The van der Waals surface area contributed by atoms with Crippen LogP contribution in [0.15, 0.2) is 12.4 Å². The van der Waals surface area contributed by atoms with Crippen LogP contribution < -0.4 is 5.32 Å². The molecule has 29 heavy (non-hydrogen) atoms. The van der Waals surface area contributed by atoms with Gasteiger partial charge in [0.05, 0.1) is 19.3 Å². The summed E-state index contributed by atoms with van der Waals surface area (Å²) in [5, 5.41) is 24.0. The fourth-order valence-electron chi connectivity index (χ4n) is 3.99. The van der Waals surface area contributed by atoms with E-state index in [9.17, 15) is 15.2 Å². The predicted molar refractivity (Wildman–Crippen MR) is 128 cm³/mol. The van der Waals surface area contributed by atoms with Crippen LogP contribution in [0.1, 0.15) is 19.3 Å². The van der Waals surface area contributed by atoms with Crippen LogP contribution in [0.4, 0.5) is 5.95 Å². The van der Waals surface area contributed by atoms with E-state index in [4.69, 9.17) is 38.7 Å². The molecule has 0 spiro atoms. The van der Waals surface area contributed by atoms with Gasteiger partial charge in [-0.05, 0) is 17.9 Å². The van der Waals surface area contributed by atoms with Crippen molar-refractivity contribution in [2.75, 3.05) is 13.1 Å². The molecule has 0 aromatic carbocycles. The molecule has 1 aliphatic heterocycles.